The highest BCUT2D eigenvalue weighted by Crippen LogP contribution is 2.48. The molecule has 1 saturated carbocycles. The summed E-state index contributed by atoms with van der Waals surface area (Å²) < 4.78 is 38.4. The first-order chi connectivity index (χ1) is 19.3. The number of carbonyl (C=O) groups is 1. The van der Waals surface area contributed by atoms with Crippen LogP contribution >= 0.6 is 19.3 Å². The third-order valence-corrected chi connectivity index (χ3v) is 9.28. The van der Waals surface area contributed by atoms with Crippen molar-refractivity contribution >= 4 is 42.4 Å². The number of imidazole rings is 1. The van der Waals surface area contributed by atoms with Crippen LogP contribution in [-0.2, 0) is 28.9 Å². The van der Waals surface area contributed by atoms with Gasteiger partial charge in [0.1, 0.15) is 29.6 Å². The zero-order valence-electron chi connectivity index (χ0n) is 22.7. The van der Waals surface area contributed by atoms with Gasteiger partial charge in [-0.1, -0.05) is 11.6 Å². The Bertz CT molecular complexity index is 1540. The normalized spacial score (nSPS) is 24.6. The Kier molecular flexibility index (Phi) is 7.92. The Balaban J connectivity index is 1.35. The maximum absolute atomic E-state index is 14.0. The van der Waals surface area contributed by atoms with Gasteiger partial charge in [0.15, 0.2) is 11.2 Å². The number of aromatic nitrogens is 4. The van der Waals surface area contributed by atoms with Gasteiger partial charge in [0.05, 0.1) is 25.1 Å². The van der Waals surface area contributed by atoms with Crippen LogP contribution in [0.1, 0.15) is 40.0 Å². The molecule has 4 atom stereocenters. The molecule has 0 bridgehead atoms. The molecular formula is C25H32ClN6O8P. The van der Waals surface area contributed by atoms with E-state index in [1.165, 1.54) is 36.9 Å². The maximum atomic E-state index is 14.0. The van der Waals surface area contributed by atoms with Gasteiger partial charge in [-0.25, -0.2) is 9.55 Å². The van der Waals surface area contributed by atoms with Crippen molar-refractivity contribution in [2.75, 3.05) is 18.9 Å². The largest absolute Gasteiger partial charge is 0.461 e. The fourth-order valence-electron chi connectivity index (χ4n) is 4.57. The van der Waals surface area contributed by atoms with Gasteiger partial charge in [-0.3, -0.25) is 19.1 Å². The van der Waals surface area contributed by atoms with Gasteiger partial charge >= 0.3 is 13.7 Å². The van der Waals surface area contributed by atoms with Crippen LogP contribution in [0.3, 0.4) is 0 Å². The number of nitrogen functional groups attached to an aromatic ring is 1. The number of carbonyl (C=O) groups excluding carboxylic acids is 1. The number of ether oxygens (including phenoxy) is 2. The Morgan fingerprint density at radius 1 is 1.37 bits per heavy atom. The number of nitrogens with zero attached hydrogens (tertiary/aromatic N) is 3. The van der Waals surface area contributed by atoms with Crippen molar-refractivity contribution in [2.45, 2.75) is 69.4 Å². The Labute approximate surface area is 240 Å². The van der Waals surface area contributed by atoms with Crippen molar-refractivity contribution < 1.29 is 33.0 Å². The molecule has 2 aromatic heterocycles. The van der Waals surface area contributed by atoms with E-state index in [1.807, 2.05) is 0 Å². The second kappa shape index (κ2) is 11.0. The zero-order valence-corrected chi connectivity index (χ0v) is 24.4. The Morgan fingerprint density at radius 2 is 2.07 bits per heavy atom. The van der Waals surface area contributed by atoms with E-state index in [1.54, 1.807) is 19.1 Å². The van der Waals surface area contributed by atoms with Gasteiger partial charge in [0, 0.05) is 5.02 Å². The number of hydrogen-bond donors (Lipinski definition) is 4. The van der Waals surface area contributed by atoms with Crippen molar-refractivity contribution in [3.05, 3.63) is 46.0 Å². The second-order valence-corrected chi connectivity index (χ2v) is 13.0. The van der Waals surface area contributed by atoms with Crippen molar-refractivity contribution in [3.8, 4) is 5.75 Å². The lowest BCUT2D eigenvalue weighted by Gasteiger charge is -2.33. The number of fused-ring (bicyclic) bond motifs is 1. The predicted molar refractivity (Wildman–Crippen MR) is 149 cm³/mol. The lowest BCUT2D eigenvalue weighted by molar-refractivity contribution is -0.159. The summed E-state index contributed by atoms with van der Waals surface area (Å²) in [7, 11) is -4.28. The molecule has 14 nitrogen and oxygen atoms in total. The molecule has 2 unspecified atom stereocenters. The maximum Gasteiger partial charge on any atom is 0.459 e. The van der Waals surface area contributed by atoms with E-state index in [9.17, 15) is 19.3 Å². The highest BCUT2D eigenvalue weighted by atomic mass is 35.5. The highest BCUT2D eigenvalue weighted by molar-refractivity contribution is 7.52. The molecule has 2 fully saturated rings. The first-order valence-corrected chi connectivity index (χ1v) is 14.9. The summed E-state index contributed by atoms with van der Waals surface area (Å²) in [4.78, 5) is 35.8. The van der Waals surface area contributed by atoms with Crippen LogP contribution in [0.25, 0.3) is 11.2 Å². The molecule has 1 aliphatic heterocycles. The fraction of sp³-hybridized carbons (Fsp3) is 0.520. The smallest absolute Gasteiger partial charge is 0.459 e. The molecule has 16 heteroatoms. The topological polar surface area (TPSA) is 193 Å². The molecule has 0 radical (unpaired) electrons. The molecule has 41 heavy (non-hydrogen) atoms. The summed E-state index contributed by atoms with van der Waals surface area (Å²) in [6.45, 7) is 4.32. The Morgan fingerprint density at radius 3 is 2.73 bits per heavy atom. The van der Waals surface area contributed by atoms with Gasteiger partial charge in [-0.05, 0) is 64.3 Å². The summed E-state index contributed by atoms with van der Waals surface area (Å²) in [6.07, 6.45) is 1.51. The van der Waals surface area contributed by atoms with Crippen molar-refractivity contribution in [2.24, 2.45) is 0 Å². The number of aromatic amines is 1. The van der Waals surface area contributed by atoms with Crippen molar-refractivity contribution in [3.63, 3.8) is 0 Å². The third-order valence-electron chi connectivity index (χ3n) is 7.26. The van der Waals surface area contributed by atoms with Crippen LogP contribution in [0.2, 0.25) is 5.02 Å². The standard InChI is InChI=1S/C25H32ClN6O8P/c1-24(2,22(35)39-15-5-4-6-15)31-41(36,40-16-9-7-14(26)8-10-16)38-11-17-19(33)25(3,12-37-17)32-13-28-18-20(32)29-23(27)30-21(18)34/h7-10,13,15,17,19,33H,4-6,11-12H2,1-3H3,(H,31,36)(H3,27,29,30,34)/t17?,19-,25-,41?/m1/s1. The van der Waals surface area contributed by atoms with Gasteiger partial charge in [-0.2, -0.15) is 10.1 Å². The summed E-state index contributed by atoms with van der Waals surface area (Å²) in [5.41, 5.74) is 2.84. The van der Waals surface area contributed by atoms with Crippen LogP contribution in [0.15, 0.2) is 35.4 Å². The number of benzene rings is 1. The second-order valence-electron chi connectivity index (χ2n) is 10.9. The summed E-state index contributed by atoms with van der Waals surface area (Å²) in [6, 6.07) is 6.10. The predicted octanol–water partition coefficient (Wildman–Crippen LogP) is 2.50. The molecule has 3 aromatic rings. The van der Waals surface area contributed by atoms with Crippen molar-refractivity contribution in [1.82, 2.24) is 24.6 Å². The van der Waals surface area contributed by atoms with Crippen LogP contribution in [-0.4, -0.2) is 67.7 Å². The minimum Gasteiger partial charge on any atom is -0.461 e. The van der Waals surface area contributed by atoms with Crippen LogP contribution in [0, 0.1) is 0 Å². The molecule has 1 aromatic carbocycles. The summed E-state index contributed by atoms with van der Waals surface area (Å²) in [5, 5.41) is 14.5. The lowest BCUT2D eigenvalue weighted by Crippen LogP contribution is -2.49. The molecule has 2 aliphatic rings. The van der Waals surface area contributed by atoms with Crippen molar-refractivity contribution in [1.29, 1.82) is 0 Å². The number of anilines is 1. The number of aliphatic hydroxyl groups is 1. The zero-order chi connectivity index (χ0) is 29.6. The van der Waals surface area contributed by atoms with E-state index >= 15 is 0 Å². The monoisotopic (exact) mass is 610 g/mol. The summed E-state index contributed by atoms with van der Waals surface area (Å²) in [5.74, 6) is -0.542. The Hall–Kier alpha value is -3.00. The number of halogens is 1. The molecule has 1 aliphatic carbocycles. The molecule has 5 N–H and O–H groups in total. The number of nitrogens with one attached hydrogen (secondary N) is 2. The molecule has 0 amide bonds. The summed E-state index contributed by atoms with van der Waals surface area (Å²) >= 11 is 5.97. The molecule has 222 valence electrons. The minimum absolute atomic E-state index is 0.0168. The quantitative estimate of drug-likeness (QED) is 0.194. The SMILES string of the molecule is CC(C)(NP(=O)(OCC1OC[C@@](C)(n2cnc3c(=O)[nH]c(N)nc32)[C@@H]1O)Oc1ccc(Cl)cc1)C(=O)OC1CCC1. The van der Waals surface area contributed by atoms with E-state index in [4.69, 9.17) is 35.9 Å². The van der Waals surface area contributed by atoms with Gasteiger partial charge in [0.25, 0.3) is 5.56 Å². The number of rotatable bonds is 10. The van der Waals surface area contributed by atoms with Gasteiger partial charge < -0.3 is 29.4 Å². The number of H-pyrrole nitrogens is 1. The molecule has 3 heterocycles. The number of aliphatic hydroxyl groups excluding tert-OH is 1. The third kappa shape index (κ3) is 5.99. The molecular weight excluding hydrogens is 579 g/mol. The lowest BCUT2D eigenvalue weighted by atomic mass is 9.94. The molecule has 1 saturated heterocycles. The van der Waals surface area contributed by atoms with Crippen LogP contribution < -0.4 is 20.9 Å². The number of esters is 1. The molecule has 5 rings (SSSR count). The van der Waals surface area contributed by atoms with E-state index in [-0.39, 0.29) is 42.2 Å². The van der Waals surface area contributed by atoms with Crippen LogP contribution in [0.5, 0.6) is 5.75 Å². The minimum atomic E-state index is -4.28. The average Bonchev–Trinajstić information content (AvgIpc) is 3.43. The first kappa shape index (κ1) is 29.5. The number of hydrogen-bond acceptors (Lipinski definition) is 11. The number of nitrogens with two attached hydrogens (primary N) is 1. The first-order valence-electron chi connectivity index (χ1n) is 13.0. The fourth-order valence-corrected chi connectivity index (χ4v) is 6.37. The highest BCUT2D eigenvalue weighted by Gasteiger charge is 2.50. The van der Waals surface area contributed by atoms with Crippen LogP contribution in [0.4, 0.5) is 5.95 Å². The van der Waals surface area contributed by atoms with E-state index in [0.717, 1.165) is 19.3 Å². The van der Waals surface area contributed by atoms with Gasteiger partial charge in [0.2, 0.25) is 5.95 Å². The molecule has 0 spiro atoms. The average molecular weight is 611 g/mol. The van der Waals surface area contributed by atoms with E-state index in [2.05, 4.69) is 20.0 Å². The van der Waals surface area contributed by atoms with E-state index < -0.39 is 42.6 Å². The van der Waals surface area contributed by atoms with Gasteiger partial charge in [-0.15, -0.1) is 0 Å². The van der Waals surface area contributed by atoms with E-state index in [0.29, 0.717) is 5.02 Å².